The molecule has 0 saturated carbocycles. The molecule has 0 fully saturated rings. The lowest BCUT2D eigenvalue weighted by atomic mass is 9.87. The smallest absolute Gasteiger partial charge is 0.258 e. The van der Waals surface area contributed by atoms with E-state index in [1.165, 1.54) is 0 Å². The second-order valence-corrected chi connectivity index (χ2v) is 14.9. The van der Waals surface area contributed by atoms with Crippen molar-refractivity contribution in [2.45, 2.75) is 57.5 Å². The summed E-state index contributed by atoms with van der Waals surface area (Å²) >= 11 is 6.38. The SMILES string of the molecule is CCCOc1ccc(-c2nnc(-c3ccc(C#CC(N)(CO)C(O)C(O)C(CO)NCc4cc5cc(-c6noc(-c7ccc(OCC)c(OCC)c7)n6)ccc5o4)cc3)o2)cc1Cl. The molecule has 17 heteroatoms. The zero-order valence-electron chi connectivity index (χ0n) is 34.7. The number of aromatic nitrogens is 4. The quantitative estimate of drug-likeness (QED) is 0.0509. The molecule has 63 heavy (non-hydrogen) atoms. The highest BCUT2D eigenvalue weighted by Crippen LogP contribution is 2.34. The molecule has 3 heterocycles. The molecular formula is C46H47ClN6O10. The highest BCUT2D eigenvalue weighted by molar-refractivity contribution is 6.32. The summed E-state index contributed by atoms with van der Waals surface area (Å²) in [4.78, 5) is 4.59. The second kappa shape index (κ2) is 20.3. The summed E-state index contributed by atoms with van der Waals surface area (Å²) in [6.07, 6.45) is -2.57. The van der Waals surface area contributed by atoms with Gasteiger partial charge in [0.25, 0.3) is 5.89 Å². The number of furan rings is 1. The zero-order chi connectivity index (χ0) is 44.5. The Balaban J connectivity index is 0.971. The lowest BCUT2D eigenvalue weighted by molar-refractivity contribution is -0.0525. The molecule has 0 aliphatic carbocycles. The van der Waals surface area contributed by atoms with Crippen LogP contribution in [0.4, 0.5) is 0 Å². The number of hydrogen-bond donors (Lipinski definition) is 6. The van der Waals surface area contributed by atoms with Crippen molar-refractivity contribution in [2.24, 2.45) is 5.73 Å². The summed E-state index contributed by atoms with van der Waals surface area (Å²) in [5.41, 5.74) is 8.07. The Bertz CT molecular complexity index is 2690. The van der Waals surface area contributed by atoms with Crippen LogP contribution in [0.15, 0.2) is 98.3 Å². The van der Waals surface area contributed by atoms with E-state index in [4.69, 9.17) is 44.9 Å². The Morgan fingerprint density at radius 3 is 2.16 bits per heavy atom. The fourth-order valence-corrected chi connectivity index (χ4v) is 6.76. The first kappa shape index (κ1) is 44.8. The molecule has 4 atom stereocenters. The van der Waals surface area contributed by atoms with Crippen LogP contribution in [0.25, 0.3) is 56.7 Å². The van der Waals surface area contributed by atoms with Crippen LogP contribution in [-0.4, -0.2) is 97.6 Å². The molecule has 328 valence electrons. The van der Waals surface area contributed by atoms with Crippen LogP contribution in [0.1, 0.15) is 38.5 Å². The number of ether oxygens (including phenoxy) is 3. The third-order valence-corrected chi connectivity index (χ3v) is 10.2. The Labute approximate surface area is 367 Å². The monoisotopic (exact) mass is 878 g/mol. The molecule has 0 amide bonds. The first-order valence-corrected chi connectivity index (χ1v) is 20.7. The number of nitrogens with two attached hydrogens (primary N) is 1. The summed E-state index contributed by atoms with van der Waals surface area (Å²) in [5, 5.41) is 59.5. The van der Waals surface area contributed by atoms with Gasteiger partial charge in [-0.3, -0.25) is 0 Å². The molecule has 0 aliphatic rings. The minimum Gasteiger partial charge on any atom is -0.492 e. The maximum absolute atomic E-state index is 11.2. The van der Waals surface area contributed by atoms with Crippen molar-refractivity contribution in [1.29, 1.82) is 0 Å². The minimum absolute atomic E-state index is 0.0651. The molecule has 7 rings (SSSR count). The van der Waals surface area contributed by atoms with E-state index in [9.17, 15) is 20.4 Å². The van der Waals surface area contributed by atoms with Crippen LogP contribution in [0.2, 0.25) is 5.02 Å². The van der Waals surface area contributed by atoms with Gasteiger partial charge < -0.3 is 59.0 Å². The average Bonchev–Trinajstić information content (AvgIpc) is 4.09. The van der Waals surface area contributed by atoms with E-state index < -0.39 is 37.0 Å². The van der Waals surface area contributed by atoms with E-state index in [2.05, 4.69) is 37.5 Å². The van der Waals surface area contributed by atoms with Gasteiger partial charge in [0.2, 0.25) is 17.6 Å². The predicted octanol–water partition coefficient (Wildman–Crippen LogP) is 6.02. The standard InChI is InChI=1S/C46H47ClN6O10/c1-4-19-60-37-15-12-30(22-34(37)47)45-52-51-44(62-45)28-9-7-27(8-10-28)17-18-46(48,26-55)41(57)40(56)35(25-54)49-24-33-21-32-20-29(11-14-36(32)61-33)42-50-43(63-53-42)31-13-16-38(58-5-2)39(23-31)59-6-3/h7-16,20-23,35,40-41,49,54-57H,4-6,19,24-26,48H2,1-3H3. The van der Waals surface area contributed by atoms with Crippen molar-refractivity contribution >= 4 is 22.6 Å². The van der Waals surface area contributed by atoms with Gasteiger partial charge in [0.15, 0.2) is 11.5 Å². The molecular weight excluding hydrogens is 832 g/mol. The van der Waals surface area contributed by atoms with E-state index in [1.807, 2.05) is 32.9 Å². The summed E-state index contributed by atoms with van der Waals surface area (Å²) in [5.74, 6) is 9.02. The molecule has 16 nitrogen and oxygen atoms in total. The lowest BCUT2D eigenvalue weighted by Crippen LogP contribution is -2.62. The van der Waals surface area contributed by atoms with Gasteiger partial charge in [-0.25, -0.2) is 0 Å². The number of benzene rings is 4. The van der Waals surface area contributed by atoms with Crippen molar-refractivity contribution in [3.63, 3.8) is 0 Å². The van der Waals surface area contributed by atoms with Crippen LogP contribution in [0, 0.1) is 11.8 Å². The maximum Gasteiger partial charge on any atom is 0.258 e. The van der Waals surface area contributed by atoms with Crippen LogP contribution in [0.3, 0.4) is 0 Å². The van der Waals surface area contributed by atoms with Gasteiger partial charge in [-0.15, -0.1) is 10.2 Å². The molecule has 0 saturated heterocycles. The third-order valence-electron chi connectivity index (χ3n) is 9.94. The molecule has 0 radical (unpaired) electrons. The summed E-state index contributed by atoms with van der Waals surface area (Å²) < 4.78 is 34.5. The number of aliphatic hydroxyl groups is 4. The first-order chi connectivity index (χ1) is 30.6. The first-order valence-electron chi connectivity index (χ1n) is 20.3. The van der Waals surface area contributed by atoms with Gasteiger partial charge in [-0.05, 0) is 105 Å². The van der Waals surface area contributed by atoms with Gasteiger partial charge in [0.05, 0.1) is 50.6 Å². The Kier molecular flexibility index (Phi) is 14.4. The highest BCUT2D eigenvalue weighted by Gasteiger charge is 2.40. The van der Waals surface area contributed by atoms with E-state index >= 15 is 0 Å². The second-order valence-electron chi connectivity index (χ2n) is 14.5. The summed E-state index contributed by atoms with van der Waals surface area (Å²) in [7, 11) is 0. The highest BCUT2D eigenvalue weighted by atomic mass is 35.5. The molecule has 0 bridgehead atoms. The summed E-state index contributed by atoms with van der Waals surface area (Å²) in [6.45, 7) is 6.00. The van der Waals surface area contributed by atoms with Gasteiger partial charge >= 0.3 is 0 Å². The average molecular weight is 879 g/mol. The molecule has 7 aromatic rings. The van der Waals surface area contributed by atoms with Crippen molar-refractivity contribution in [1.82, 2.24) is 25.7 Å². The molecule has 0 spiro atoms. The van der Waals surface area contributed by atoms with Crippen molar-refractivity contribution in [3.8, 4) is 74.8 Å². The fraction of sp³-hybridized carbons (Fsp3) is 0.304. The number of fused-ring (bicyclic) bond motifs is 1. The largest absolute Gasteiger partial charge is 0.492 e. The molecule has 4 aromatic carbocycles. The zero-order valence-corrected chi connectivity index (χ0v) is 35.5. The Hall–Kier alpha value is -6.29. The predicted molar refractivity (Wildman–Crippen MR) is 234 cm³/mol. The van der Waals surface area contributed by atoms with E-state index in [1.54, 1.807) is 72.8 Å². The van der Waals surface area contributed by atoms with E-state index in [0.29, 0.717) is 93.0 Å². The molecule has 7 N–H and O–H groups in total. The Morgan fingerprint density at radius 1 is 0.778 bits per heavy atom. The van der Waals surface area contributed by atoms with E-state index in [0.717, 1.165) is 11.8 Å². The van der Waals surface area contributed by atoms with Crippen molar-refractivity contribution in [2.75, 3.05) is 33.0 Å². The molecule has 0 aliphatic heterocycles. The maximum atomic E-state index is 11.2. The van der Waals surface area contributed by atoms with Crippen LogP contribution >= 0.6 is 11.6 Å². The van der Waals surface area contributed by atoms with Crippen LogP contribution < -0.4 is 25.3 Å². The van der Waals surface area contributed by atoms with Gasteiger partial charge in [-0.2, -0.15) is 4.98 Å². The number of rotatable bonds is 19. The topological polar surface area (TPSA) is 238 Å². The lowest BCUT2D eigenvalue weighted by Gasteiger charge is -2.34. The Morgan fingerprint density at radius 2 is 1.46 bits per heavy atom. The van der Waals surface area contributed by atoms with Gasteiger partial charge in [-0.1, -0.05) is 35.5 Å². The minimum atomic E-state index is -1.96. The number of hydrogen-bond acceptors (Lipinski definition) is 16. The third kappa shape index (κ3) is 10.3. The van der Waals surface area contributed by atoms with Crippen LogP contribution in [-0.2, 0) is 6.54 Å². The number of nitrogens with zero attached hydrogens (tertiary/aromatic N) is 4. The number of nitrogens with one attached hydrogen (secondary N) is 1. The van der Waals surface area contributed by atoms with Gasteiger partial charge in [0.1, 0.15) is 34.8 Å². The molecule has 4 unspecified atom stereocenters. The fourth-order valence-electron chi connectivity index (χ4n) is 6.53. The van der Waals surface area contributed by atoms with Crippen molar-refractivity contribution < 1.29 is 48.0 Å². The number of aliphatic hydroxyl groups excluding tert-OH is 4. The normalized spacial score (nSPS) is 13.8. The van der Waals surface area contributed by atoms with Gasteiger partial charge in [0, 0.05) is 33.2 Å². The molecule has 3 aromatic heterocycles. The van der Waals surface area contributed by atoms with Crippen molar-refractivity contribution in [3.05, 3.63) is 101 Å². The summed E-state index contributed by atoms with van der Waals surface area (Å²) in [6, 6.07) is 23.6. The van der Waals surface area contributed by atoms with Crippen LogP contribution in [0.5, 0.6) is 17.2 Å². The number of halogens is 1. The van der Waals surface area contributed by atoms with E-state index in [-0.39, 0.29) is 18.3 Å².